The van der Waals surface area contributed by atoms with Gasteiger partial charge in [0.15, 0.2) is 0 Å². The van der Waals surface area contributed by atoms with Crippen LogP contribution in [0.4, 0.5) is 0 Å². The number of methoxy groups -OCH3 is 1. The number of ether oxygens (including phenoxy) is 1. The number of carboxylic acid groups (broad SMARTS) is 1. The van der Waals surface area contributed by atoms with E-state index in [0.29, 0.717) is 6.42 Å². The second-order valence-corrected chi connectivity index (χ2v) is 6.04. The van der Waals surface area contributed by atoms with E-state index in [-0.39, 0.29) is 12.4 Å². The Morgan fingerprint density at radius 2 is 0.955 bits per heavy atom. The van der Waals surface area contributed by atoms with E-state index in [1.54, 1.807) is 0 Å². The Labute approximate surface area is 135 Å². The lowest BCUT2D eigenvalue weighted by atomic mass is 10.0. The molecule has 0 radical (unpaired) electrons. The quantitative estimate of drug-likeness (QED) is 0.321. The minimum Gasteiger partial charge on any atom is -0.550 e. The van der Waals surface area contributed by atoms with Gasteiger partial charge >= 0.3 is 5.97 Å². The monoisotopic (exact) mass is 313 g/mol. The maximum Gasteiger partial charge on any atom is 0.305 e. The molecule has 0 aliphatic heterocycles. The zero-order valence-electron chi connectivity index (χ0n) is 14.2. The van der Waals surface area contributed by atoms with Crippen molar-refractivity contribution in [3.8, 4) is 0 Å². The summed E-state index contributed by atoms with van der Waals surface area (Å²) in [6.45, 7) is 0. The van der Waals surface area contributed by atoms with Gasteiger partial charge < -0.3 is 14.6 Å². The highest BCUT2D eigenvalue weighted by atomic mass is 16.5. The molecule has 0 heterocycles. The fourth-order valence-electron chi connectivity index (χ4n) is 2.59. The van der Waals surface area contributed by atoms with Crippen molar-refractivity contribution in [2.75, 3.05) is 7.11 Å². The van der Waals surface area contributed by atoms with Crippen molar-refractivity contribution in [1.29, 1.82) is 0 Å². The first-order valence-electron chi connectivity index (χ1n) is 8.93. The van der Waals surface area contributed by atoms with Crippen LogP contribution in [0.15, 0.2) is 0 Å². The highest BCUT2D eigenvalue weighted by molar-refractivity contribution is 5.68. The number of carbonyl (C=O) groups excluding carboxylic acids is 2. The van der Waals surface area contributed by atoms with Gasteiger partial charge in [0.25, 0.3) is 0 Å². The molecule has 0 fully saturated rings. The van der Waals surface area contributed by atoms with E-state index in [1.165, 1.54) is 58.5 Å². The molecule has 4 heteroatoms. The van der Waals surface area contributed by atoms with E-state index >= 15 is 0 Å². The third kappa shape index (κ3) is 17.0. The molecule has 0 atom stereocenters. The first kappa shape index (κ1) is 20.9. The first-order valence-corrected chi connectivity index (χ1v) is 8.93. The molecule has 0 aromatic heterocycles. The van der Waals surface area contributed by atoms with Gasteiger partial charge in [-0.1, -0.05) is 70.6 Å². The summed E-state index contributed by atoms with van der Waals surface area (Å²) in [7, 11) is 1.44. The van der Waals surface area contributed by atoms with Crippen molar-refractivity contribution in [1.82, 2.24) is 0 Å². The molecule has 0 saturated heterocycles. The summed E-state index contributed by atoms with van der Waals surface area (Å²) >= 11 is 0. The number of esters is 1. The van der Waals surface area contributed by atoms with Crippen LogP contribution < -0.4 is 5.11 Å². The fraction of sp³-hybridized carbons (Fsp3) is 0.889. The number of rotatable bonds is 16. The summed E-state index contributed by atoms with van der Waals surface area (Å²) in [5.41, 5.74) is 0. The lowest BCUT2D eigenvalue weighted by Gasteiger charge is -2.04. The average molecular weight is 313 g/mol. The van der Waals surface area contributed by atoms with Gasteiger partial charge in [0, 0.05) is 12.4 Å². The average Bonchev–Trinajstić information content (AvgIpc) is 2.50. The smallest absolute Gasteiger partial charge is 0.305 e. The number of unbranched alkanes of at least 4 members (excludes halogenated alkanes) is 12. The van der Waals surface area contributed by atoms with Gasteiger partial charge in [-0.2, -0.15) is 0 Å². The lowest BCUT2D eigenvalue weighted by molar-refractivity contribution is -0.305. The Balaban J connectivity index is 3.02. The van der Waals surface area contributed by atoms with E-state index in [2.05, 4.69) is 4.74 Å². The molecular formula is C18H33O4-. The van der Waals surface area contributed by atoms with Gasteiger partial charge in [-0.3, -0.25) is 4.79 Å². The van der Waals surface area contributed by atoms with Crippen molar-refractivity contribution in [3.63, 3.8) is 0 Å². The van der Waals surface area contributed by atoms with Gasteiger partial charge in [-0.25, -0.2) is 0 Å². The van der Waals surface area contributed by atoms with Crippen molar-refractivity contribution in [2.24, 2.45) is 0 Å². The summed E-state index contributed by atoms with van der Waals surface area (Å²) in [6, 6.07) is 0. The molecular weight excluding hydrogens is 280 g/mol. The minimum absolute atomic E-state index is 0.0976. The van der Waals surface area contributed by atoms with Gasteiger partial charge in [0.1, 0.15) is 0 Å². The van der Waals surface area contributed by atoms with Crippen LogP contribution in [-0.2, 0) is 14.3 Å². The zero-order valence-corrected chi connectivity index (χ0v) is 14.2. The van der Waals surface area contributed by atoms with Gasteiger partial charge in [0.2, 0.25) is 0 Å². The van der Waals surface area contributed by atoms with E-state index in [1.807, 2.05) is 0 Å². The fourth-order valence-corrected chi connectivity index (χ4v) is 2.59. The van der Waals surface area contributed by atoms with E-state index in [4.69, 9.17) is 0 Å². The Morgan fingerprint density at radius 3 is 1.27 bits per heavy atom. The SMILES string of the molecule is COC(=O)CCCCCCCCCCCCCCCC(=O)[O-]. The zero-order chi connectivity index (χ0) is 16.5. The largest absolute Gasteiger partial charge is 0.550 e. The van der Waals surface area contributed by atoms with Gasteiger partial charge in [-0.05, 0) is 19.3 Å². The highest BCUT2D eigenvalue weighted by Crippen LogP contribution is 2.13. The van der Waals surface area contributed by atoms with Crippen LogP contribution in [0.3, 0.4) is 0 Å². The van der Waals surface area contributed by atoms with Crippen LogP contribution in [0.2, 0.25) is 0 Å². The summed E-state index contributed by atoms with van der Waals surface area (Å²) in [5.74, 6) is -1.02. The van der Waals surface area contributed by atoms with Crippen molar-refractivity contribution in [2.45, 2.75) is 96.3 Å². The topological polar surface area (TPSA) is 66.4 Å². The molecule has 0 unspecified atom stereocenters. The normalized spacial score (nSPS) is 10.6. The first-order chi connectivity index (χ1) is 10.7. The molecule has 0 aromatic rings. The van der Waals surface area contributed by atoms with Crippen LogP contribution in [0.25, 0.3) is 0 Å². The number of carbonyl (C=O) groups is 2. The van der Waals surface area contributed by atoms with Gasteiger partial charge in [-0.15, -0.1) is 0 Å². The Morgan fingerprint density at radius 1 is 0.636 bits per heavy atom. The molecule has 130 valence electrons. The van der Waals surface area contributed by atoms with Crippen LogP contribution in [0, 0.1) is 0 Å². The lowest BCUT2D eigenvalue weighted by Crippen LogP contribution is -2.21. The minimum atomic E-state index is -0.926. The van der Waals surface area contributed by atoms with Crippen molar-refractivity contribution in [3.05, 3.63) is 0 Å². The van der Waals surface area contributed by atoms with Crippen molar-refractivity contribution < 1.29 is 19.4 Å². The number of carboxylic acids is 1. The Kier molecular flexibility index (Phi) is 15.5. The highest BCUT2D eigenvalue weighted by Gasteiger charge is 1.99. The van der Waals surface area contributed by atoms with Gasteiger partial charge in [0.05, 0.1) is 7.11 Å². The standard InChI is InChI=1S/C18H34O4/c1-22-18(21)16-14-12-10-8-6-4-2-3-5-7-9-11-13-15-17(19)20/h2-16H2,1H3,(H,19,20)/p-1. The summed E-state index contributed by atoms with van der Waals surface area (Å²) in [4.78, 5) is 21.1. The van der Waals surface area contributed by atoms with Crippen molar-refractivity contribution >= 4 is 11.9 Å². The Hall–Kier alpha value is -1.06. The molecule has 0 rings (SSSR count). The number of hydrogen-bond donors (Lipinski definition) is 0. The van der Waals surface area contributed by atoms with Crippen LogP contribution in [0.5, 0.6) is 0 Å². The molecule has 4 nitrogen and oxygen atoms in total. The third-order valence-electron chi connectivity index (χ3n) is 3.99. The van der Waals surface area contributed by atoms with E-state index < -0.39 is 5.97 Å². The summed E-state index contributed by atoms with van der Waals surface area (Å²) in [5, 5.41) is 10.2. The van der Waals surface area contributed by atoms with Crippen LogP contribution in [-0.4, -0.2) is 19.0 Å². The third-order valence-corrected chi connectivity index (χ3v) is 3.99. The predicted molar refractivity (Wildman–Crippen MR) is 86.3 cm³/mol. The summed E-state index contributed by atoms with van der Waals surface area (Å²) < 4.78 is 4.61. The van der Waals surface area contributed by atoms with E-state index in [0.717, 1.165) is 32.1 Å². The molecule has 0 amide bonds. The molecule has 0 bridgehead atoms. The molecule has 0 saturated carbocycles. The molecule has 0 spiro atoms. The molecule has 22 heavy (non-hydrogen) atoms. The van der Waals surface area contributed by atoms with Crippen LogP contribution >= 0.6 is 0 Å². The van der Waals surface area contributed by atoms with Crippen LogP contribution in [0.1, 0.15) is 96.3 Å². The molecule has 0 aliphatic carbocycles. The maximum atomic E-state index is 10.9. The maximum absolute atomic E-state index is 10.9. The summed E-state index contributed by atoms with van der Waals surface area (Å²) in [6.07, 6.45) is 15.9. The predicted octanol–water partition coefficient (Wildman–Crippen LogP) is 3.76. The molecule has 0 N–H and O–H groups in total. The second-order valence-electron chi connectivity index (χ2n) is 6.04. The number of aliphatic carboxylic acids is 1. The Bertz CT molecular complexity index is 276. The number of hydrogen-bond acceptors (Lipinski definition) is 4. The second kappa shape index (κ2) is 16.3. The molecule has 0 aromatic carbocycles. The molecule has 0 aliphatic rings. The van der Waals surface area contributed by atoms with E-state index in [9.17, 15) is 14.7 Å².